The van der Waals surface area contributed by atoms with E-state index in [0.29, 0.717) is 0 Å². The standard InChI is InChI=1S/C19H18N4O4/c1-27-18(24)17-16(21-23(19(25)26)22-20-17)15-13-8-4-2-6-11(13)10-12-7-3-5-9-14(12)15/h2-10,16-17,20-22H,1H3,(H,25,26). The number of benzene rings is 3. The first-order chi connectivity index (χ1) is 13.1. The number of hydrogen-bond donors (Lipinski definition) is 4. The van der Waals surface area contributed by atoms with Crippen molar-refractivity contribution in [1.29, 1.82) is 0 Å². The van der Waals surface area contributed by atoms with Crippen molar-refractivity contribution in [2.75, 3.05) is 7.11 Å². The SMILES string of the molecule is COC(=O)C1NNN(C(=O)O)NC1c1c2ccccc2cc2ccccc12. The van der Waals surface area contributed by atoms with Gasteiger partial charge in [0.25, 0.3) is 0 Å². The number of carbonyl (C=O) groups is 2. The highest BCUT2D eigenvalue weighted by atomic mass is 16.5. The quantitative estimate of drug-likeness (QED) is 0.407. The number of methoxy groups -OCH3 is 1. The molecule has 2 atom stereocenters. The molecule has 8 heteroatoms. The third kappa shape index (κ3) is 2.95. The van der Waals surface area contributed by atoms with E-state index in [0.717, 1.165) is 32.2 Å². The second kappa shape index (κ2) is 6.84. The molecular formula is C19H18N4O4. The van der Waals surface area contributed by atoms with Gasteiger partial charge in [0.15, 0.2) is 0 Å². The first kappa shape index (κ1) is 17.2. The Morgan fingerprint density at radius 2 is 1.63 bits per heavy atom. The van der Waals surface area contributed by atoms with Gasteiger partial charge < -0.3 is 9.84 Å². The molecule has 0 spiro atoms. The number of nitrogens with one attached hydrogen (secondary N) is 3. The molecule has 1 amide bonds. The Morgan fingerprint density at radius 1 is 1.04 bits per heavy atom. The van der Waals surface area contributed by atoms with Gasteiger partial charge in [0.2, 0.25) is 0 Å². The molecule has 3 aromatic rings. The van der Waals surface area contributed by atoms with Crippen LogP contribution in [0.25, 0.3) is 21.5 Å². The topological polar surface area (TPSA) is 103 Å². The molecule has 1 aliphatic rings. The first-order valence-electron chi connectivity index (χ1n) is 8.39. The zero-order chi connectivity index (χ0) is 19.0. The maximum absolute atomic E-state index is 12.4. The highest BCUT2D eigenvalue weighted by Gasteiger charge is 2.38. The molecule has 4 rings (SSSR count). The lowest BCUT2D eigenvalue weighted by molar-refractivity contribution is -0.148. The Kier molecular flexibility index (Phi) is 4.36. The third-order valence-corrected chi connectivity index (χ3v) is 4.70. The minimum Gasteiger partial charge on any atom is -0.468 e. The second-order valence-electron chi connectivity index (χ2n) is 6.21. The van der Waals surface area contributed by atoms with Crippen LogP contribution in [0, 0.1) is 0 Å². The summed E-state index contributed by atoms with van der Waals surface area (Å²) < 4.78 is 4.91. The molecule has 0 radical (unpaired) electrons. The van der Waals surface area contributed by atoms with Gasteiger partial charge in [-0.1, -0.05) is 48.5 Å². The molecule has 0 bridgehead atoms. The molecule has 1 heterocycles. The Labute approximate surface area is 154 Å². The fourth-order valence-corrected chi connectivity index (χ4v) is 3.50. The minimum atomic E-state index is -1.24. The van der Waals surface area contributed by atoms with Crippen LogP contribution in [-0.2, 0) is 9.53 Å². The van der Waals surface area contributed by atoms with Gasteiger partial charge in [-0.3, -0.25) is 4.79 Å². The molecule has 1 saturated heterocycles. The molecule has 4 N–H and O–H groups in total. The van der Waals surface area contributed by atoms with E-state index in [2.05, 4.69) is 22.5 Å². The lowest BCUT2D eigenvalue weighted by Gasteiger charge is -2.38. The summed E-state index contributed by atoms with van der Waals surface area (Å²) in [5.74, 6) is -0.512. The predicted octanol–water partition coefficient (Wildman–Crippen LogP) is 2.08. The summed E-state index contributed by atoms with van der Waals surface area (Å²) in [4.78, 5) is 23.8. The van der Waals surface area contributed by atoms with E-state index in [-0.39, 0.29) is 0 Å². The van der Waals surface area contributed by atoms with Crippen molar-refractivity contribution in [2.24, 2.45) is 0 Å². The fourth-order valence-electron chi connectivity index (χ4n) is 3.50. The van der Waals surface area contributed by atoms with Gasteiger partial charge in [-0.25, -0.2) is 15.6 Å². The maximum atomic E-state index is 12.4. The Balaban J connectivity index is 1.97. The predicted molar refractivity (Wildman–Crippen MR) is 99.3 cm³/mol. The fraction of sp³-hybridized carbons (Fsp3) is 0.158. The average Bonchev–Trinajstić information content (AvgIpc) is 2.70. The van der Waals surface area contributed by atoms with E-state index in [1.54, 1.807) is 0 Å². The lowest BCUT2D eigenvalue weighted by Crippen LogP contribution is -2.69. The van der Waals surface area contributed by atoms with Crippen molar-refractivity contribution in [3.63, 3.8) is 0 Å². The van der Waals surface area contributed by atoms with Crippen LogP contribution < -0.4 is 16.4 Å². The summed E-state index contributed by atoms with van der Waals surface area (Å²) in [6, 6.07) is 16.2. The van der Waals surface area contributed by atoms with Gasteiger partial charge >= 0.3 is 12.1 Å². The van der Waals surface area contributed by atoms with Crippen LogP contribution in [0.1, 0.15) is 11.6 Å². The highest BCUT2D eigenvalue weighted by molar-refractivity contribution is 6.03. The largest absolute Gasteiger partial charge is 0.468 e. The molecule has 27 heavy (non-hydrogen) atoms. The van der Waals surface area contributed by atoms with Crippen LogP contribution in [0.3, 0.4) is 0 Å². The zero-order valence-corrected chi connectivity index (χ0v) is 14.5. The van der Waals surface area contributed by atoms with E-state index < -0.39 is 24.1 Å². The Morgan fingerprint density at radius 3 is 2.19 bits per heavy atom. The summed E-state index contributed by atoms with van der Waals surface area (Å²) in [6.45, 7) is 0. The first-order valence-corrected chi connectivity index (χ1v) is 8.39. The summed E-state index contributed by atoms with van der Waals surface area (Å²) >= 11 is 0. The number of ether oxygens (including phenoxy) is 1. The number of hydrazine groups is 3. The molecule has 0 aliphatic carbocycles. The van der Waals surface area contributed by atoms with Crippen LogP contribution >= 0.6 is 0 Å². The van der Waals surface area contributed by atoms with Crippen molar-refractivity contribution >= 4 is 33.6 Å². The number of amides is 1. The van der Waals surface area contributed by atoms with Crippen molar-refractivity contribution in [3.05, 3.63) is 60.2 Å². The molecule has 1 aliphatic heterocycles. The number of esters is 1. The second-order valence-corrected chi connectivity index (χ2v) is 6.21. The van der Waals surface area contributed by atoms with Gasteiger partial charge in [-0.05, 0) is 33.2 Å². The van der Waals surface area contributed by atoms with Crippen LogP contribution in [0.15, 0.2) is 54.6 Å². The van der Waals surface area contributed by atoms with E-state index in [1.807, 2.05) is 48.5 Å². The molecule has 1 fully saturated rings. The van der Waals surface area contributed by atoms with E-state index in [9.17, 15) is 14.7 Å². The van der Waals surface area contributed by atoms with Crippen molar-refractivity contribution in [2.45, 2.75) is 12.1 Å². The summed E-state index contributed by atoms with van der Waals surface area (Å²) in [5, 5.41) is 14.0. The number of carboxylic acid groups (broad SMARTS) is 1. The smallest absolute Gasteiger partial charge is 0.438 e. The summed E-state index contributed by atoms with van der Waals surface area (Å²) in [5.41, 5.74) is 8.89. The molecule has 0 saturated carbocycles. The molecular weight excluding hydrogens is 348 g/mol. The molecule has 2 unspecified atom stereocenters. The van der Waals surface area contributed by atoms with Crippen molar-refractivity contribution < 1.29 is 19.4 Å². The number of rotatable bonds is 2. The number of carbonyl (C=O) groups excluding carboxylic acids is 1. The number of hydrogen-bond acceptors (Lipinski definition) is 6. The number of fused-ring (bicyclic) bond motifs is 2. The normalized spacial score (nSPS) is 20.0. The van der Waals surface area contributed by atoms with Crippen molar-refractivity contribution in [1.82, 2.24) is 21.5 Å². The molecule has 8 nitrogen and oxygen atoms in total. The van der Waals surface area contributed by atoms with Crippen LogP contribution in [-0.4, -0.2) is 35.4 Å². The minimum absolute atomic E-state index is 0.512. The van der Waals surface area contributed by atoms with Gasteiger partial charge in [0, 0.05) is 0 Å². The highest BCUT2D eigenvalue weighted by Crippen LogP contribution is 2.35. The zero-order valence-electron chi connectivity index (χ0n) is 14.5. The Bertz CT molecular complexity index is 985. The van der Waals surface area contributed by atoms with Gasteiger partial charge in [-0.2, -0.15) is 5.12 Å². The van der Waals surface area contributed by atoms with Gasteiger partial charge in [-0.15, -0.1) is 5.53 Å². The molecule has 138 valence electrons. The molecule has 3 aromatic carbocycles. The number of nitrogens with zero attached hydrogens (tertiary/aromatic N) is 1. The van der Waals surface area contributed by atoms with Gasteiger partial charge in [0.05, 0.1) is 13.2 Å². The van der Waals surface area contributed by atoms with E-state index in [4.69, 9.17) is 4.74 Å². The summed E-state index contributed by atoms with van der Waals surface area (Å²) in [7, 11) is 1.30. The van der Waals surface area contributed by atoms with E-state index in [1.165, 1.54) is 7.11 Å². The van der Waals surface area contributed by atoms with E-state index >= 15 is 0 Å². The van der Waals surface area contributed by atoms with Crippen LogP contribution in [0.2, 0.25) is 0 Å². The van der Waals surface area contributed by atoms with Gasteiger partial charge in [0.1, 0.15) is 6.04 Å². The third-order valence-electron chi connectivity index (χ3n) is 4.70. The maximum Gasteiger partial charge on any atom is 0.438 e. The monoisotopic (exact) mass is 366 g/mol. The summed E-state index contributed by atoms with van der Waals surface area (Å²) in [6.07, 6.45) is -1.24. The van der Waals surface area contributed by atoms with Crippen LogP contribution in [0.4, 0.5) is 4.79 Å². The van der Waals surface area contributed by atoms with Crippen molar-refractivity contribution in [3.8, 4) is 0 Å². The average molecular weight is 366 g/mol. The van der Waals surface area contributed by atoms with Crippen LogP contribution in [0.5, 0.6) is 0 Å². The lowest BCUT2D eigenvalue weighted by atomic mass is 9.89. The Hall–Kier alpha value is -3.20. The molecule has 0 aromatic heterocycles.